The molecule has 1 saturated heterocycles. The Kier molecular flexibility index (Phi) is 5.87. The van der Waals surface area contributed by atoms with Gasteiger partial charge in [0.1, 0.15) is 0 Å². The third-order valence-electron chi connectivity index (χ3n) is 5.31. The highest BCUT2D eigenvalue weighted by atomic mass is 35.5. The molecular weight excluding hydrogens is 406 g/mol. The van der Waals surface area contributed by atoms with E-state index in [0.717, 1.165) is 46.6 Å². The van der Waals surface area contributed by atoms with Gasteiger partial charge in [-0.05, 0) is 56.5 Å². The molecule has 1 amide bonds. The summed E-state index contributed by atoms with van der Waals surface area (Å²) < 4.78 is 2.11. The molecule has 4 rings (SSSR count). The van der Waals surface area contributed by atoms with Gasteiger partial charge >= 0.3 is 0 Å². The quantitative estimate of drug-likeness (QED) is 0.662. The normalized spacial score (nSPS) is 16.8. The summed E-state index contributed by atoms with van der Waals surface area (Å²) in [5, 5.41) is 14.3. The van der Waals surface area contributed by atoms with Crippen LogP contribution in [-0.4, -0.2) is 33.8 Å². The number of nitrogens with zero attached hydrogens (tertiary/aromatic N) is 4. The molecule has 1 fully saturated rings. The summed E-state index contributed by atoms with van der Waals surface area (Å²) in [6.07, 6.45) is 1.86. The molecular formula is C21H24ClN5OS. The lowest BCUT2D eigenvalue weighted by Gasteiger charge is -2.31. The molecule has 0 saturated carbocycles. The Bertz CT molecular complexity index is 977. The minimum absolute atomic E-state index is 0.0431. The van der Waals surface area contributed by atoms with Crippen molar-refractivity contribution in [2.24, 2.45) is 5.92 Å². The fourth-order valence-corrected chi connectivity index (χ4v) is 4.82. The van der Waals surface area contributed by atoms with Crippen molar-refractivity contribution in [1.82, 2.24) is 20.1 Å². The van der Waals surface area contributed by atoms with E-state index in [2.05, 4.69) is 51.0 Å². The molecule has 8 heteroatoms. The van der Waals surface area contributed by atoms with Gasteiger partial charge in [-0.2, -0.15) is 0 Å². The van der Waals surface area contributed by atoms with Crippen LogP contribution in [0.2, 0.25) is 5.02 Å². The standard InChI is InChI=1S/C21H24ClN5OS/c1-14-5-6-15(2)27(14)21-25-24-20(29-21)26-11-3-4-17(13-26)19(28)23-12-16-7-9-18(22)10-8-16/h5-10,17H,3-4,11-13H2,1-2H3,(H,23,28)/t17-/m1/s1. The summed E-state index contributed by atoms with van der Waals surface area (Å²) in [5.74, 6) is 0.0462. The SMILES string of the molecule is Cc1ccc(C)n1-c1nnc(N2CCC[C@@H](C(=O)NCc3ccc(Cl)cc3)C2)s1. The molecule has 2 aromatic heterocycles. The zero-order valence-corrected chi connectivity index (χ0v) is 18.1. The van der Waals surface area contributed by atoms with Gasteiger partial charge in [-0.3, -0.25) is 9.36 Å². The third kappa shape index (κ3) is 4.46. The van der Waals surface area contributed by atoms with Crippen LogP contribution in [0, 0.1) is 19.8 Å². The highest BCUT2D eigenvalue weighted by Crippen LogP contribution is 2.29. The molecule has 1 aromatic carbocycles. The number of amides is 1. The second-order valence-electron chi connectivity index (χ2n) is 7.45. The van der Waals surface area contributed by atoms with Gasteiger partial charge in [0.05, 0.1) is 5.92 Å². The number of hydrogen-bond acceptors (Lipinski definition) is 5. The first kappa shape index (κ1) is 19.9. The average molecular weight is 430 g/mol. The molecule has 1 aliphatic rings. The van der Waals surface area contributed by atoms with Gasteiger partial charge in [0.2, 0.25) is 16.2 Å². The van der Waals surface area contributed by atoms with Crippen LogP contribution >= 0.6 is 22.9 Å². The molecule has 0 unspecified atom stereocenters. The fourth-order valence-electron chi connectivity index (χ4n) is 3.70. The molecule has 0 bridgehead atoms. The minimum Gasteiger partial charge on any atom is -0.352 e. The summed E-state index contributed by atoms with van der Waals surface area (Å²) in [6, 6.07) is 11.7. The van der Waals surface area contributed by atoms with Crippen LogP contribution in [0.4, 0.5) is 5.13 Å². The number of anilines is 1. The third-order valence-corrected chi connectivity index (χ3v) is 6.53. The van der Waals surface area contributed by atoms with Gasteiger partial charge in [0, 0.05) is 36.0 Å². The predicted molar refractivity (Wildman–Crippen MR) is 117 cm³/mol. The first-order valence-electron chi connectivity index (χ1n) is 9.77. The summed E-state index contributed by atoms with van der Waals surface area (Å²) >= 11 is 7.49. The minimum atomic E-state index is -0.0431. The molecule has 0 spiro atoms. The van der Waals surface area contributed by atoms with E-state index in [9.17, 15) is 4.79 Å². The van der Waals surface area contributed by atoms with E-state index < -0.39 is 0 Å². The summed E-state index contributed by atoms with van der Waals surface area (Å²) in [7, 11) is 0. The number of carbonyl (C=O) groups is 1. The largest absolute Gasteiger partial charge is 0.352 e. The van der Waals surface area contributed by atoms with Crippen LogP contribution in [0.3, 0.4) is 0 Å². The van der Waals surface area contributed by atoms with Crippen LogP contribution in [0.15, 0.2) is 36.4 Å². The monoisotopic (exact) mass is 429 g/mol. The first-order chi connectivity index (χ1) is 14.0. The van der Waals surface area contributed by atoms with Crippen molar-refractivity contribution in [3.05, 3.63) is 58.4 Å². The maximum absolute atomic E-state index is 12.7. The zero-order chi connectivity index (χ0) is 20.4. The number of carbonyl (C=O) groups excluding carboxylic acids is 1. The number of piperidine rings is 1. The molecule has 6 nitrogen and oxygen atoms in total. The van der Waals surface area contributed by atoms with Crippen LogP contribution in [0.1, 0.15) is 29.8 Å². The number of benzene rings is 1. The van der Waals surface area contributed by atoms with Crippen LogP contribution in [0.5, 0.6) is 0 Å². The Morgan fingerprint density at radius 1 is 1.14 bits per heavy atom. The van der Waals surface area contributed by atoms with Gasteiger partial charge in [0.25, 0.3) is 0 Å². The Balaban J connectivity index is 1.39. The average Bonchev–Trinajstić information content (AvgIpc) is 3.33. The molecule has 0 aliphatic carbocycles. The number of aryl methyl sites for hydroxylation is 2. The van der Waals surface area contributed by atoms with Crippen molar-refractivity contribution in [1.29, 1.82) is 0 Å². The number of rotatable bonds is 5. The molecule has 3 heterocycles. The molecule has 29 heavy (non-hydrogen) atoms. The van der Waals surface area contributed by atoms with E-state index in [4.69, 9.17) is 11.6 Å². The number of nitrogens with one attached hydrogen (secondary N) is 1. The molecule has 3 aromatic rings. The Morgan fingerprint density at radius 2 is 1.83 bits per heavy atom. The van der Waals surface area contributed by atoms with Crippen molar-refractivity contribution >= 4 is 34.0 Å². The maximum atomic E-state index is 12.7. The maximum Gasteiger partial charge on any atom is 0.225 e. The van der Waals surface area contributed by atoms with Crippen LogP contribution in [0.25, 0.3) is 5.13 Å². The number of aromatic nitrogens is 3. The number of hydrogen-bond donors (Lipinski definition) is 1. The highest BCUT2D eigenvalue weighted by Gasteiger charge is 2.27. The topological polar surface area (TPSA) is 63.1 Å². The van der Waals surface area contributed by atoms with E-state index in [0.29, 0.717) is 18.1 Å². The summed E-state index contributed by atoms with van der Waals surface area (Å²) in [5.41, 5.74) is 3.33. The predicted octanol–water partition coefficient (Wildman–Crippen LogP) is 4.13. The van der Waals surface area contributed by atoms with Gasteiger partial charge in [-0.1, -0.05) is 35.1 Å². The molecule has 0 radical (unpaired) electrons. The van der Waals surface area contributed by atoms with Gasteiger partial charge in [-0.25, -0.2) is 0 Å². The fraction of sp³-hybridized carbons (Fsp3) is 0.381. The molecule has 1 N–H and O–H groups in total. The first-order valence-corrected chi connectivity index (χ1v) is 11.0. The van der Waals surface area contributed by atoms with E-state index >= 15 is 0 Å². The second kappa shape index (κ2) is 8.55. The van der Waals surface area contributed by atoms with Gasteiger partial charge < -0.3 is 10.2 Å². The van der Waals surface area contributed by atoms with Crippen molar-refractivity contribution in [2.75, 3.05) is 18.0 Å². The second-order valence-corrected chi connectivity index (χ2v) is 8.82. The van der Waals surface area contributed by atoms with E-state index in [1.165, 1.54) is 0 Å². The van der Waals surface area contributed by atoms with Crippen molar-refractivity contribution in [2.45, 2.75) is 33.2 Å². The molecule has 1 atom stereocenters. The number of halogens is 1. The molecule has 1 aliphatic heterocycles. The van der Waals surface area contributed by atoms with Gasteiger partial charge in [0.15, 0.2) is 0 Å². The highest BCUT2D eigenvalue weighted by molar-refractivity contribution is 7.17. The lowest BCUT2D eigenvalue weighted by atomic mass is 9.97. The summed E-state index contributed by atoms with van der Waals surface area (Å²) in [6.45, 7) is 6.22. The Hall–Kier alpha value is -2.38. The van der Waals surface area contributed by atoms with Crippen molar-refractivity contribution in [3.8, 4) is 5.13 Å². The molecule has 152 valence electrons. The van der Waals surface area contributed by atoms with Crippen molar-refractivity contribution < 1.29 is 4.79 Å². The lowest BCUT2D eigenvalue weighted by molar-refractivity contribution is -0.125. The van der Waals surface area contributed by atoms with Crippen LogP contribution in [-0.2, 0) is 11.3 Å². The van der Waals surface area contributed by atoms with Gasteiger partial charge in [-0.15, -0.1) is 10.2 Å². The van der Waals surface area contributed by atoms with E-state index in [1.807, 2.05) is 24.3 Å². The van der Waals surface area contributed by atoms with Crippen molar-refractivity contribution in [3.63, 3.8) is 0 Å². The zero-order valence-electron chi connectivity index (χ0n) is 16.6. The summed E-state index contributed by atoms with van der Waals surface area (Å²) in [4.78, 5) is 14.9. The van der Waals surface area contributed by atoms with E-state index in [1.54, 1.807) is 11.3 Å². The van der Waals surface area contributed by atoms with E-state index in [-0.39, 0.29) is 11.8 Å². The Labute approximate surface area is 179 Å². The Morgan fingerprint density at radius 3 is 2.55 bits per heavy atom. The smallest absolute Gasteiger partial charge is 0.225 e. The lowest BCUT2D eigenvalue weighted by Crippen LogP contribution is -2.43. The van der Waals surface area contributed by atoms with Crippen LogP contribution < -0.4 is 10.2 Å².